The zero-order valence-electron chi connectivity index (χ0n) is 17.2. The molecule has 4 aromatic rings. The molecule has 4 rings (SSSR count). The van der Waals surface area contributed by atoms with Crippen LogP contribution in [0.1, 0.15) is 25.3 Å². The van der Waals surface area contributed by atoms with Crippen LogP contribution in [0.25, 0.3) is 28.0 Å². The Morgan fingerprint density at radius 1 is 1.03 bits per heavy atom. The first-order valence-corrected chi connectivity index (χ1v) is 10.6. The number of fused-ring (bicyclic) bond motifs is 1. The average molecular weight is 461 g/mol. The second kappa shape index (κ2) is 8.78. The molecule has 2 aromatic heterocycles. The number of para-hydroxylation sites is 1. The summed E-state index contributed by atoms with van der Waals surface area (Å²) in [5.41, 5.74) is 2.10. The zero-order valence-corrected chi connectivity index (χ0v) is 18.0. The fraction of sp³-hybridized carbons (Fsp3) is 0.261. The Balaban J connectivity index is 1.93. The summed E-state index contributed by atoms with van der Waals surface area (Å²) in [7, 11) is 0. The van der Waals surface area contributed by atoms with Crippen molar-refractivity contribution >= 4 is 22.6 Å². The van der Waals surface area contributed by atoms with Gasteiger partial charge >= 0.3 is 6.18 Å². The van der Waals surface area contributed by atoms with Crippen LogP contribution in [-0.4, -0.2) is 25.5 Å². The van der Waals surface area contributed by atoms with Crippen LogP contribution in [0, 0.1) is 0 Å². The van der Waals surface area contributed by atoms with E-state index in [-0.39, 0.29) is 11.0 Å². The minimum atomic E-state index is -4.55. The van der Waals surface area contributed by atoms with E-state index in [1.165, 1.54) is 10.2 Å². The van der Waals surface area contributed by atoms with E-state index in [9.17, 15) is 18.0 Å². The van der Waals surface area contributed by atoms with Crippen molar-refractivity contribution in [2.75, 3.05) is 0 Å². The van der Waals surface area contributed by atoms with Crippen LogP contribution in [-0.2, 0) is 13.0 Å². The van der Waals surface area contributed by atoms with Gasteiger partial charge in [-0.3, -0.25) is 9.36 Å². The highest BCUT2D eigenvalue weighted by Crippen LogP contribution is 2.32. The summed E-state index contributed by atoms with van der Waals surface area (Å²) in [6.45, 7) is 0.690. The van der Waals surface area contributed by atoms with Gasteiger partial charge in [0.1, 0.15) is 17.8 Å². The van der Waals surface area contributed by atoms with Crippen LogP contribution in [0.15, 0.2) is 59.7 Å². The minimum absolute atomic E-state index is 0.151. The first-order valence-electron chi connectivity index (χ1n) is 10.2. The quantitative estimate of drug-likeness (QED) is 0.365. The molecule has 2 aromatic carbocycles. The zero-order chi connectivity index (χ0) is 22.9. The van der Waals surface area contributed by atoms with Crippen LogP contribution >= 0.6 is 11.6 Å². The maximum Gasteiger partial charge on any atom is 0.406 e. The molecule has 0 aliphatic heterocycles. The standard InChI is InChI=1S/C23H20ClF3N4O/c1-2-3-6-15-9-11-16(12-10-15)21-19-20(22(32)30(14-28-19)13-23(25,26)27)29-31(21)18-8-5-4-7-17(18)24/h4-5,7-12,14H,2-3,6,13H2,1H3. The molecule has 9 heteroatoms. The number of alkyl halides is 3. The van der Waals surface area contributed by atoms with Crippen molar-refractivity contribution in [1.82, 2.24) is 19.3 Å². The molecule has 0 amide bonds. The molecule has 0 atom stereocenters. The van der Waals surface area contributed by atoms with Gasteiger partial charge in [0, 0.05) is 5.56 Å². The predicted octanol–water partition coefficient (Wildman–Crippen LogP) is 5.81. The van der Waals surface area contributed by atoms with Gasteiger partial charge in [-0.2, -0.15) is 18.3 Å². The SMILES string of the molecule is CCCCc1ccc(-c2c3ncn(CC(F)(F)F)c(=O)c3nn2-c2ccccc2Cl)cc1. The van der Waals surface area contributed by atoms with Crippen molar-refractivity contribution in [3.63, 3.8) is 0 Å². The largest absolute Gasteiger partial charge is 0.406 e. The molecule has 0 spiro atoms. The second-order valence-corrected chi connectivity index (χ2v) is 7.91. The van der Waals surface area contributed by atoms with Gasteiger partial charge in [-0.1, -0.05) is 61.3 Å². The van der Waals surface area contributed by atoms with Crippen LogP contribution < -0.4 is 5.56 Å². The van der Waals surface area contributed by atoms with Gasteiger partial charge in [-0.05, 0) is 30.5 Å². The normalized spacial score (nSPS) is 11.9. The van der Waals surface area contributed by atoms with Gasteiger partial charge in [0.25, 0.3) is 5.56 Å². The monoisotopic (exact) mass is 460 g/mol. The summed E-state index contributed by atoms with van der Waals surface area (Å²) in [6, 6.07) is 14.7. The van der Waals surface area contributed by atoms with E-state index < -0.39 is 18.3 Å². The lowest BCUT2D eigenvalue weighted by molar-refractivity contribution is -0.141. The van der Waals surface area contributed by atoms with Crippen LogP contribution in [0.4, 0.5) is 13.2 Å². The van der Waals surface area contributed by atoms with E-state index in [0.29, 0.717) is 21.0 Å². The van der Waals surface area contributed by atoms with Gasteiger partial charge in [-0.25, -0.2) is 9.67 Å². The first kappa shape index (κ1) is 22.1. The molecule has 166 valence electrons. The van der Waals surface area contributed by atoms with Crippen LogP contribution in [0.5, 0.6) is 0 Å². The van der Waals surface area contributed by atoms with Crippen molar-refractivity contribution in [3.8, 4) is 16.9 Å². The maximum atomic E-state index is 12.9. The summed E-state index contributed by atoms with van der Waals surface area (Å²) >= 11 is 6.37. The first-order chi connectivity index (χ1) is 15.3. The number of halogens is 4. The summed E-state index contributed by atoms with van der Waals surface area (Å²) in [5.74, 6) is 0. The van der Waals surface area contributed by atoms with E-state index in [1.54, 1.807) is 24.3 Å². The van der Waals surface area contributed by atoms with E-state index in [0.717, 1.165) is 31.2 Å². The molecule has 0 fully saturated rings. The van der Waals surface area contributed by atoms with Crippen molar-refractivity contribution < 1.29 is 13.2 Å². The summed E-state index contributed by atoms with van der Waals surface area (Å²) < 4.78 is 40.6. The maximum absolute atomic E-state index is 12.9. The van der Waals surface area contributed by atoms with Crippen molar-refractivity contribution in [2.45, 2.75) is 38.9 Å². The van der Waals surface area contributed by atoms with E-state index in [1.807, 2.05) is 24.3 Å². The molecule has 5 nitrogen and oxygen atoms in total. The molecule has 0 radical (unpaired) electrons. The highest BCUT2D eigenvalue weighted by Gasteiger charge is 2.30. The average Bonchev–Trinajstić information content (AvgIpc) is 3.14. The second-order valence-electron chi connectivity index (χ2n) is 7.50. The van der Waals surface area contributed by atoms with E-state index in [4.69, 9.17) is 11.6 Å². The number of unbranched alkanes of at least 4 members (excludes halogenated alkanes) is 1. The Kier molecular flexibility index (Phi) is 6.06. The third-order valence-electron chi connectivity index (χ3n) is 5.13. The lowest BCUT2D eigenvalue weighted by atomic mass is 10.0. The lowest BCUT2D eigenvalue weighted by Gasteiger charge is -2.10. The molecular weight excluding hydrogens is 441 g/mol. The fourth-order valence-electron chi connectivity index (χ4n) is 3.56. The summed E-state index contributed by atoms with van der Waals surface area (Å²) in [5, 5.41) is 4.74. The highest BCUT2D eigenvalue weighted by molar-refractivity contribution is 6.32. The van der Waals surface area contributed by atoms with Gasteiger partial charge < -0.3 is 0 Å². The molecule has 0 saturated heterocycles. The fourth-order valence-corrected chi connectivity index (χ4v) is 3.78. The number of aryl methyl sites for hydroxylation is 1. The molecular formula is C23H20ClF3N4O. The lowest BCUT2D eigenvalue weighted by Crippen LogP contribution is -2.28. The minimum Gasteiger partial charge on any atom is -0.288 e. The Bertz CT molecular complexity index is 1310. The van der Waals surface area contributed by atoms with E-state index >= 15 is 0 Å². The molecule has 0 bridgehead atoms. The third kappa shape index (κ3) is 4.41. The highest BCUT2D eigenvalue weighted by atomic mass is 35.5. The molecule has 0 aliphatic carbocycles. The number of hydrogen-bond acceptors (Lipinski definition) is 3. The van der Waals surface area contributed by atoms with Crippen molar-refractivity contribution in [3.05, 3.63) is 75.8 Å². The van der Waals surface area contributed by atoms with E-state index in [2.05, 4.69) is 17.0 Å². The molecule has 0 saturated carbocycles. The third-order valence-corrected chi connectivity index (χ3v) is 5.45. The summed E-state index contributed by atoms with van der Waals surface area (Å²) in [6.07, 6.45) is -0.543. The molecule has 32 heavy (non-hydrogen) atoms. The smallest absolute Gasteiger partial charge is 0.288 e. The molecule has 0 N–H and O–H groups in total. The van der Waals surface area contributed by atoms with Crippen molar-refractivity contribution in [2.24, 2.45) is 0 Å². The van der Waals surface area contributed by atoms with Crippen LogP contribution in [0.3, 0.4) is 0 Å². The van der Waals surface area contributed by atoms with Gasteiger partial charge in [0.05, 0.1) is 17.0 Å². The number of rotatable bonds is 6. The number of nitrogens with zero attached hydrogens (tertiary/aromatic N) is 4. The number of hydrogen-bond donors (Lipinski definition) is 0. The molecule has 0 aliphatic rings. The van der Waals surface area contributed by atoms with Crippen LogP contribution in [0.2, 0.25) is 5.02 Å². The Morgan fingerprint density at radius 2 is 1.75 bits per heavy atom. The Labute approximate surface area is 187 Å². The predicted molar refractivity (Wildman–Crippen MR) is 118 cm³/mol. The number of aromatic nitrogens is 4. The summed E-state index contributed by atoms with van der Waals surface area (Å²) in [4.78, 5) is 17.0. The molecule has 0 unspecified atom stereocenters. The van der Waals surface area contributed by atoms with Crippen molar-refractivity contribution in [1.29, 1.82) is 0 Å². The Hall–Kier alpha value is -3.13. The topological polar surface area (TPSA) is 52.7 Å². The van der Waals surface area contributed by atoms with Gasteiger partial charge in [0.2, 0.25) is 0 Å². The van der Waals surface area contributed by atoms with Gasteiger partial charge in [0.15, 0.2) is 5.52 Å². The number of benzene rings is 2. The van der Waals surface area contributed by atoms with Gasteiger partial charge in [-0.15, -0.1) is 0 Å². The molecule has 2 heterocycles. The Morgan fingerprint density at radius 3 is 2.41 bits per heavy atom.